The van der Waals surface area contributed by atoms with Gasteiger partial charge in [-0.15, -0.1) is 11.3 Å². The first kappa shape index (κ1) is 23.4. The Labute approximate surface area is 198 Å². The summed E-state index contributed by atoms with van der Waals surface area (Å²) >= 11 is 1.64. The molecule has 1 N–H and O–H groups in total. The SMILES string of the molecule is CN1CCC(N(C)CC(=O)N2CC(=O)N(CCc3cccs3)c3ccc(C(=O)O)cc32)CC1. The number of anilines is 2. The smallest absolute Gasteiger partial charge is 0.335 e. The maximum atomic E-state index is 13.3. The van der Waals surface area contributed by atoms with E-state index in [9.17, 15) is 19.5 Å². The second-order valence-corrected chi connectivity index (χ2v) is 9.85. The summed E-state index contributed by atoms with van der Waals surface area (Å²) in [5.41, 5.74) is 1.17. The Kier molecular flexibility index (Phi) is 7.11. The Morgan fingerprint density at radius 2 is 1.94 bits per heavy atom. The van der Waals surface area contributed by atoms with Gasteiger partial charge in [0.15, 0.2) is 0 Å². The van der Waals surface area contributed by atoms with Gasteiger partial charge in [-0.3, -0.25) is 19.4 Å². The monoisotopic (exact) mass is 470 g/mol. The number of rotatable bonds is 7. The van der Waals surface area contributed by atoms with Crippen molar-refractivity contribution in [3.05, 3.63) is 46.2 Å². The highest BCUT2D eigenvalue weighted by atomic mass is 32.1. The van der Waals surface area contributed by atoms with Crippen LogP contribution in [0, 0.1) is 0 Å². The zero-order chi connectivity index (χ0) is 23.5. The van der Waals surface area contributed by atoms with E-state index in [1.165, 1.54) is 21.9 Å². The first-order chi connectivity index (χ1) is 15.8. The van der Waals surface area contributed by atoms with Gasteiger partial charge < -0.3 is 14.9 Å². The molecule has 0 aliphatic carbocycles. The van der Waals surface area contributed by atoms with Crippen LogP contribution in [0.1, 0.15) is 28.1 Å². The van der Waals surface area contributed by atoms with E-state index in [1.54, 1.807) is 22.3 Å². The minimum Gasteiger partial charge on any atom is -0.478 e. The van der Waals surface area contributed by atoms with Crippen molar-refractivity contribution in [1.29, 1.82) is 0 Å². The zero-order valence-electron chi connectivity index (χ0n) is 19.1. The van der Waals surface area contributed by atoms with Crippen LogP contribution in [0.15, 0.2) is 35.7 Å². The van der Waals surface area contributed by atoms with E-state index >= 15 is 0 Å². The third-order valence-corrected chi connectivity index (χ3v) is 7.49. The lowest BCUT2D eigenvalue weighted by molar-refractivity contribution is -0.123. The molecule has 0 saturated carbocycles. The molecule has 3 heterocycles. The molecule has 8 nitrogen and oxygen atoms in total. The van der Waals surface area contributed by atoms with Crippen molar-refractivity contribution in [2.24, 2.45) is 0 Å². The van der Waals surface area contributed by atoms with Gasteiger partial charge in [0.05, 0.1) is 23.5 Å². The van der Waals surface area contributed by atoms with Gasteiger partial charge in [0, 0.05) is 17.5 Å². The van der Waals surface area contributed by atoms with Crippen molar-refractivity contribution in [2.75, 3.05) is 56.6 Å². The summed E-state index contributed by atoms with van der Waals surface area (Å²) in [4.78, 5) is 46.6. The molecular weight excluding hydrogens is 440 g/mol. The molecule has 9 heteroatoms. The number of aromatic carboxylic acids is 1. The minimum atomic E-state index is -1.06. The summed E-state index contributed by atoms with van der Waals surface area (Å²) in [6.45, 7) is 2.58. The highest BCUT2D eigenvalue weighted by molar-refractivity contribution is 7.09. The third kappa shape index (κ3) is 5.26. The molecule has 0 radical (unpaired) electrons. The largest absolute Gasteiger partial charge is 0.478 e. The number of likely N-dealkylation sites (tertiary alicyclic amines) is 1. The summed E-state index contributed by atoms with van der Waals surface area (Å²) in [7, 11) is 4.05. The second kappa shape index (κ2) is 10.0. The van der Waals surface area contributed by atoms with Gasteiger partial charge in [0.25, 0.3) is 0 Å². The fraction of sp³-hybridized carbons (Fsp3) is 0.458. The number of carbonyl (C=O) groups is 3. The highest BCUT2D eigenvalue weighted by Gasteiger charge is 2.34. The van der Waals surface area contributed by atoms with Crippen molar-refractivity contribution in [2.45, 2.75) is 25.3 Å². The number of carboxylic acids is 1. The van der Waals surface area contributed by atoms with Gasteiger partial charge in [0.2, 0.25) is 11.8 Å². The molecule has 0 unspecified atom stereocenters. The molecule has 1 aromatic carbocycles. The summed E-state index contributed by atoms with van der Waals surface area (Å²) in [5, 5.41) is 11.5. The van der Waals surface area contributed by atoms with E-state index in [4.69, 9.17) is 0 Å². The first-order valence-corrected chi connectivity index (χ1v) is 12.1. The fourth-order valence-electron chi connectivity index (χ4n) is 4.55. The summed E-state index contributed by atoms with van der Waals surface area (Å²) in [6.07, 6.45) is 2.70. The molecule has 2 aromatic rings. The van der Waals surface area contributed by atoms with E-state index in [-0.39, 0.29) is 30.5 Å². The average molecular weight is 471 g/mol. The van der Waals surface area contributed by atoms with Crippen LogP contribution in [0.4, 0.5) is 11.4 Å². The Hall–Kier alpha value is -2.75. The Morgan fingerprint density at radius 3 is 2.61 bits per heavy atom. The lowest BCUT2D eigenvalue weighted by Gasteiger charge is -2.38. The lowest BCUT2D eigenvalue weighted by atomic mass is 10.0. The fourth-order valence-corrected chi connectivity index (χ4v) is 5.25. The lowest BCUT2D eigenvalue weighted by Crippen LogP contribution is -2.52. The summed E-state index contributed by atoms with van der Waals surface area (Å²) in [5.74, 6) is -1.40. The van der Waals surface area contributed by atoms with Gasteiger partial charge in [-0.05, 0) is 76.1 Å². The number of hydrogen-bond donors (Lipinski definition) is 1. The van der Waals surface area contributed by atoms with Crippen molar-refractivity contribution < 1.29 is 19.5 Å². The first-order valence-electron chi connectivity index (χ1n) is 11.2. The number of carboxylic acid groups (broad SMARTS) is 1. The number of fused-ring (bicyclic) bond motifs is 1. The minimum absolute atomic E-state index is 0.0827. The van der Waals surface area contributed by atoms with Crippen LogP contribution >= 0.6 is 11.3 Å². The van der Waals surface area contributed by atoms with E-state index in [1.807, 2.05) is 24.6 Å². The normalized spacial score (nSPS) is 17.5. The van der Waals surface area contributed by atoms with E-state index in [2.05, 4.69) is 16.8 Å². The highest BCUT2D eigenvalue weighted by Crippen LogP contribution is 2.35. The molecule has 2 aliphatic rings. The molecule has 4 rings (SSSR count). The van der Waals surface area contributed by atoms with Crippen molar-refractivity contribution in [3.8, 4) is 0 Å². The average Bonchev–Trinajstić information content (AvgIpc) is 3.31. The maximum absolute atomic E-state index is 13.3. The summed E-state index contributed by atoms with van der Waals surface area (Å²) < 4.78 is 0. The molecular formula is C24H30N4O4S. The van der Waals surface area contributed by atoms with Crippen molar-refractivity contribution in [1.82, 2.24) is 9.80 Å². The van der Waals surface area contributed by atoms with Crippen molar-refractivity contribution in [3.63, 3.8) is 0 Å². The van der Waals surface area contributed by atoms with Gasteiger partial charge in [-0.1, -0.05) is 6.07 Å². The number of benzene rings is 1. The van der Waals surface area contributed by atoms with Crippen LogP contribution in [-0.4, -0.2) is 85.6 Å². The maximum Gasteiger partial charge on any atom is 0.335 e. The Balaban J connectivity index is 1.55. The number of likely N-dealkylation sites (N-methyl/N-ethyl adjacent to an activating group) is 1. The van der Waals surface area contributed by atoms with E-state index < -0.39 is 5.97 Å². The number of thiophene rings is 1. The molecule has 2 amide bonds. The predicted octanol–water partition coefficient (Wildman–Crippen LogP) is 2.39. The van der Waals surface area contributed by atoms with Crippen LogP contribution in [0.25, 0.3) is 0 Å². The molecule has 0 atom stereocenters. The van der Waals surface area contributed by atoms with Gasteiger partial charge in [-0.25, -0.2) is 4.79 Å². The molecule has 0 spiro atoms. The van der Waals surface area contributed by atoms with Gasteiger partial charge in [0.1, 0.15) is 6.54 Å². The van der Waals surface area contributed by atoms with Crippen LogP contribution in [0.2, 0.25) is 0 Å². The molecule has 2 aliphatic heterocycles. The Morgan fingerprint density at radius 1 is 1.18 bits per heavy atom. The topological polar surface area (TPSA) is 84.4 Å². The third-order valence-electron chi connectivity index (χ3n) is 6.56. The predicted molar refractivity (Wildman–Crippen MR) is 129 cm³/mol. The molecule has 33 heavy (non-hydrogen) atoms. The number of amides is 2. The molecule has 0 bridgehead atoms. The molecule has 176 valence electrons. The number of nitrogens with zero attached hydrogens (tertiary/aromatic N) is 4. The van der Waals surface area contributed by atoms with Crippen LogP contribution < -0.4 is 9.80 Å². The number of hydrogen-bond acceptors (Lipinski definition) is 6. The summed E-state index contributed by atoms with van der Waals surface area (Å²) in [6, 6.07) is 8.97. The van der Waals surface area contributed by atoms with E-state index in [0.717, 1.165) is 25.9 Å². The quantitative estimate of drug-likeness (QED) is 0.669. The molecule has 1 saturated heterocycles. The van der Waals surface area contributed by atoms with Crippen molar-refractivity contribution >= 4 is 40.5 Å². The standard InChI is InChI=1S/C24H30N4O4S/c1-25-10-7-18(8-11-25)26(2)15-22(29)28-16-23(30)27(12-9-19-4-3-13-33-19)20-6-5-17(24(31)32)14-21(20)28/h3-6,13-14,18H,7-12,15-16H2,1-2H3,(H,31,32). The van der Waals surface area contributed by atoms with Crippen LogP contribution in [-0.2, 0) is 16.0 Å². The van der Waals surface area contributed by atoms with Crippen LogP contribution in [0.5, 0.6) is 0 Å². The number of carbonyl (C=O) groups excluding carboxylic acids is 2. The number of piperidine rings is 1. The van der Waals surface area contributed by atoms with Gasteiger partial charge in [-0.2, -0.15) is 0 Å². The molecule has 1 fully saturated rings. The molecule has 1 aromatic heterocycles. The van der Waals surface area contributed by atoms with Gasteiger partial charge >= 0.3 is 5.97 Å². The van der Waals surface area contributed by atoms with E-state index in [0.29, 0.717) is 30.4 Å². The van der Waals surface area contributed by atoms with Crippen LogP contribution in [0.3, 0.4) is 0 Å². The second-order valence-electron chi connectivity index (χ2n) is 8.81. The zero-order valence-corrected chi connectivity index (χ0v) is 19.9. The Bertz CT molecular complexity index is 1020.